The smallest absolute Gasteiger partial charge is 0.316 e. The van der Waals surface area contributed by atoms with Crippen LogP contribution in [0.2, 0.25) is 0 Å². The topological polar surface area (TPSA) is 97.2 Å². The first kappa shape index (κ1) is 25.2. The van der Waals surface area contributed by atoms with Gasteiger partial charge >= 0.3 is 6.01 Å². The van der Waals surface area contributed by atoms with Crippen molar-refractivity contribution in [1.82, 2.24) is 25.1 Å². The molecule has 0 aliphatic heterocycles. The van der Waals surface area contributed by atoms with Crippen molar-refractivity contribution in [2.45, 2.75) is 77.0 Å². The number of aromatic nitrogens is 5. The van der Waals surface area contributed by atoms with Crippen LogP contribution in [-0.4, -0.2) is 55.6 Å². The van der Waals surface area contributed by atoms with Crippen LogP contribution in [0.15, 0.2) is 30.6 Å². The highest BCUT2D eigenvalue weighted by atomic mass is 19.1. The zero-order valence-corrected chi connectivity index (χ0v) is 21.4. The molecule has 37 heavy (non-hydrogen) atoms. The molecule has 3 aromatic rings. The van der Waals surface area contributed by atoms with E-state index in [4.69, 9.17) is 4.74 Å². The van der Waals surface area contributed by atoms with E-state index in [1.807, 2.05) is 0 Å². The number of ether oxygens (including phenoxy) is 1. The van der Waals surface area contributed by atoms with Crippen LogP contribution >= 0.6 is 0 Å². The fourth-order valence-electron chi connectivity index (χ4n) is 5.59. The van der Waals surface area contributed by atoms with Gasteiger partial charge in [0.2, 0.25) is 0 Å². The molecular formula is C27H32F2N6O2. The lowest BCUT2D eigenvalue weighted by atomic mass is 9.69. The zero-order chi connectivity index (χ0) is 26.2. The van der Waals surface area contributed by atoms with Gasteiger partial charge in [-0.05, 0) is 44.2 Å². The molecule has 2 aliphatic carbocycles. The number of alkyl halides is 1. The maximum atomic E-state index is 15.9. The summed E-state index contributed by atoms with van der Waals surface area (Å²) in [6, 6.07) is 4.61. The summed E-state index contributed by atoms with van der Waals surface area (Å²) in [4.78, 5) is 14.3. The highest BCUT2D eigenvalue weighted by Crippen LogP contribution is 2.46. The first-order valence-corrected chi connectivity index (χ1v) is 12.9. The molecule has 1 N–H and O–H groups in total. The Morgan fingerprint density at radius 2 is 1.97 bits per heavy atom. The molecule has 0 unspecified atom stereocenters. The highest BCUT2D eigenvalue weighted by Gasteiger charge is 2.48. The van der Waals surface area contributed by atoms with Gasteiger partial charge in [-0.25, -0.2) is 18.7 Å². The number of phenolic OH excluding ortho intramolecular Hbond substituents is 1. The number of methoxy groups -OCH3 is 1. The second-order valence-electron chi connectivity index (χ2n) is 10.3. The summed E-state index contributed by atoms with van der Waals surface area (Å²) < 4.78 is 35.1. The molecule has 3 atom stereocenters. The van der Waals surface area contributed by atoms with Gasteiger partial charge < -0.3 is 14.7 Å². The van der Waals surface area contributed by atoms with Gasteiger partial charge in [0.25, 0.3) is 0 Å². The maximum absolute atomic E-state index is 15.9. The molecule has 2 heterocycles. The average molecular weight is 511 g/mol. The number of nitrogens with zero attached hydrogens (tertiary/aromatic N) is 6. The van der Waals surface area contributed by atoms with Crippen molar-refractivity contribution in [3.05, 3.63) is 36.4 Å². The Morgan fingerprint density at radius 3 is 2.62 bits per heavy atom. The molecule has 2 aliphatic rings. The molecule has 2 aromatic heterocycles. The van der Waals surface area contributed by atoms with Crippen molar-refractivity contribution in [2.75, 3.05) is 12.0 Å². The third kappa shape index (κ3) is 4.93. The molecule has 8 nitrogen and oxygen atoms in total. The van der Waals surface area contributed by atoms with Crippen molar-refractivity contribution in [1.29, 1.82) is 0 Å². The predicted octanol–water partition coefficient (Wildman–Crippen LogP) is 5.51. The largest absolute Gasteiger partial charge is 0.507 e. The molecule has 5 rings (SSSR count). The number of phenols is 1. The number of aromatic hydroxyl groups is 1. The Hall–Kier alpha value is -3.43. The van der Waals surface area contributed by atoms with Crippen molar-refractivity contribution in [2.24, 2.45) is 5.41 Å². The normalized spacial score (nSPS) is 23.6. The van der Waals surface area contributed by atoms with Crippen LogP contribution in [0.25, 0.3) is 22.6 Å². The van der Waals surface area contributed by atoms with Crippen LogP contribution < -0.4 is 9.64 Å². The second kappa shape index (κ2) is 10.1. The molecule has 0 spiro atoms. The van der Waals surface area contributed by atoms with Gasteiger partial charge in [-0.2, -0.15) is 4.98 Å². The summed E-state index contributed by atoms with van der Waals surface area (Å²) in [6.45, 7) is 4.18. The van der Waals surface area contributed by atoms with E-state index in [1.54, 1.807) is 18.3 Å². The number of rotatable bonds is 8. The third-order valence-corrected chi connectivity index (χ3v) is 7.60. The predicted molar refractivity (Wildman–Crippen MR) is 136 cm³/mol. The second-order valence-corrected chi connectivity index (χ2v) is 10.3. The molecule has 1 aromatic carbocycles. The van der Waals surface area contributed by atoms with Crippen molar-refractivity contribution < 1.29 is 18.6 Å². The molecule has 0 radical (unpaired) electrons. The van der Waals surface area contributed by atoms with Crippen LogP contribution in [0, 0.1) is 11.2 Å². The summed E-state index contributed by atoms with van der Waals surface area (Å²) in [5.74, 6) is 0.000255. The number of hydrogen-bond donors (Lipinski definition) is 1. The maximum Gasteiger partial charge on any atom is 0.316 e. The van der Waals surface area contributed by atoms with E-state index < -0.39 is 12.0 Å². The molecule has 10 heteroatoms. The molecule has 2 fully saturated rings. The first-order valence-electron chi connectivity index (χ1n) is 12.9. The lowest BCUT2D eigenvalue weighted by Gasteiger charge is -2.46. The van der Waals surface area contributed by atoms with Crippen LogP contribution in [0.4, 0.5) is 14.6 Å². The Bertz CT molecular complexity index is 1250. The van der Waals surface area contributed by atoms with E-state index in [9.17, 15) is 9.50 Å². The average Bonchev–Trinajstić information content (AvgIpc) is 3.73. The minimum absolute atomic E-state index is 0.00602. The quantitative estimate of drug-likeness (QED) is 0.423. The summed E-state index contributed by atoms with van der Waals surface area (Å²) in [7, 11) is 1.39. The van der Waals surface area contributed by atoms with Crippen LogP contribution in [-0.2, 0) is 0 Å². The van der Waals surface area contributed by atoms with Gasteiger partial charge in [0.1, 0.15) is 17.6 Å². The Labute approximate surface area is 215 Å². The van der Waals surface area contributed by atoms with Crippen molar-refractivity contribution in [3.8, 4) is 34.4 Å². The number of halogens is 2. The van der Waals surface area contributed by atoms with Gasteiger partial charge in [0.05, 0.1) is 31.1 Å². The Kier molecular flexibility index (Phi) is 6.92. The van der Waals surface area contributed by atoms with Gasteiger partial charge in [-0.1, -0.05) is 32.8 Å². The SMILES string of the molecule is CCC[C@]1(C)CCC[C@H](N(c2cnc(-c3ccc(-c4nc(OC)ncc4F)cc3O)nn2)C2CC2)[C@@H]1F. The lowest BCUT2D eigenvalue weighted by Crippen LogP contribution is -2.52. The third-order valence-electron chi connectivity index (χ3n) is 7.60. The standard InChI is InChI=1S/C27H32F2N6O2/c1-4-11-27(2)12-5-6-20(24(27)29)35(17-8-9-17)22-15-30-25(34-33-22)18-10-7-16(13-21(18)36)23-19(28)14-31-26(32-23)37-3/h7,10,13-15,17,20,24,36H,4-6,8-9,11-12H2,1-3H3/t20-,24-,27+/m0/s1. The van der Waals surface area contributed by atoms with E-state index in [0.29, 0.717) is 16.9 Å². The minimum Gasteiger partial charge on any atom is -0.507 e. The molecular weight excluding hydrogens is 478 g/mol. The van der Waals surface area contributed by atoms with Crippen molar-refractivity contribution in [3.63, 3.8) is 0 Å². The number of anilines is 1. The minimum atomic E-state index is -0.944. The zero-order valence-electron chi connectivity index (χ0n) is 21.4. The van der Waals surface area contributed by atoms with Crippen molar-refractivity contribution >= 4 is 5.82 Å². The van der Waals surface area contributed by atoms with Gasteiger partial charge in [0, 0.05) is 17.0 Å². The number of hydrogen-bond acceptors (Lipinski definition) is 8. The summed E-state index contributed by atoms with van der Waals surface area (Å²) in [6.07, 6.45) is 8.20. The Morgan fingerprint density at radius 1 is 1.16 bits per heavy atom. The van der Waals surface area contributed by atoms with Gasteiger partial charge in [-0.3, -0.25) is 0 Å². The molecule has 196 valence electrons. The van der Waals surface area contributed by atoms with Crippen LogP contribution in [0.3, 0.4) is 0 Å². The van der Waals surface area contributed by atoms with Gasteiger partial charge in [0.15, 0.2) is 17.5 Å². The molecule has 0 amide bonds. The lowest BCUT2D eigenvalue weighted by molar-refractivity contribution is 0.0423. The van der Waals surface area contributed by atoms with Crippen LogP contribution in [0.5, 0.6) is 11.8 Å². The Balaban J connectivity index is 1.40. The summed E-state index contributed by atoms with van der Waals surface area (Å²) in [5, 5.41) is 19.4. The molecule has 0 saturated heterocycles. The van der Waals surface area contributed by atoms with E-state index in [0.717, 1.165) is 51.1 Å². The highest BCUT2D eigenvalue weighted by molar-refractivity contribution is 5.71. The van der Waals surface area contributed by atoms with E-state index >= 15 is 4.39 Å². The summed E-state index contributed by atoms with van der Waals surface area (Å²) >= 11 is 0. The molecule has 2 saturated carbocycles. The molecule has 0 bridgehead atoms. The van der Waals surface area contributed by atoms with Crippen LogP contribution in [0.1, 0.15) is 58.8 Å². The van der Waals surface area contributed by atoms with E-state index in [1.165, 1.54) is 13.2 Å². The fraction of sp³-hybridized carbons (Fsp3) is 0.519. The van der Waals surface area contributed by atoms with E-state index in [2.05, 4.69) is 43.9 Å². The fourth-order valence-corrected chi connectivity index (χ4v) is 5.59. The van der Waals surface area contributed by atoms with E-state index in [-0.39, 0.29) is 40.8 Å². The van der Waals surface area contributed by atoms with Gasteiger partial charge in [-0.15, -0.1) is 10.2 Å². The summed E-state index contributed by atoms with van der Waals surface area (Å²) in [5.41, 5.74) is 0.377. The number of benzene rings is 1. The first-order chi connectivity index (χ1) is 17.8. The monoisotopic (exact) mass is 510 g/mol.